The lowest BCUT2D eigenvalue weighted by molar-refractivity contribution is 0.328. The van der Waals surface area contributed by atoms with Gasteiger partial charge in [-0.05, 0) is 13.0 Å². The largest absolute Gasteiger partial charge is 0.478 e. The molecule has 0 aliphatic heterocycles. The van der Waals surface area contributed by atoms with Gasteiger partial charge < -0.3 is 9.72 Å². The fourth-order valence-corrected chi connectivity index (χ4v) is 1.13. The number of nitrogens with one attached hydrogen (secondary N) is 2. The lowest BCUT2D eigenvalue weighted by Gasteiger charge is -1.99. The number of rotatable bonds is 2. The number of fused-ring (bicyclic) bond motifs is 1. The molecule has 0 aliphatic rings. The van der Waals surface area contributed by atoms with Gasteiger partial charge in [0.05, 0.1) is 12.1 Å². The Bertz CT molecular complexity index is 471. The van der Waals surface area contributed by atoms with Gasteiger partial charge in [-0.1, -0.05) is 0 Å². The second-order valence-electron chi connectivity index (χ2n) is 2.56. The van der Waals surface area contributed by atoms with Crippen molar-refractivity contribution in [2.75, 3.05) is 6.61 Å². The van der Waals surface area contributed by atoms with E-state index >= 15 is 0 Å². The van der Waals surface area contributed by atoms with Crippen molar-refractivity contribution in [3.8, 4) is 5.88 Å². The third kappa shape index (κ3) is 1.40. The highest BCUT2D eigenvalue weighted by Gasteiger charge is 2.00. The summed E-state index contributed by atoms with van der Waals surface area (Å²) < 4.78 is 5.18. The van der Waals surface area contributed by atoms with Crippen molar-refractivity contribution >= 4 is 11.2 Å². The number of hydrogen-bond donors (Lipinski definition) is 2. The lowest BCUT2D eigenvalue weighted by Crippen LogP contribution is -1.99. The van der Waals surface area contributed by atoms with Crippen LogP contribution in [-0.2, 0) is 0 Å². The summed E-state index contributed by atoms with van der Waals surface area (Å²) in [5.41, 5.74) is 0.959. The molecule has 5 heteroatoms. The molecule has 2 heterocycles. The third-order valence-corrected chi connectivity index (χ3v) is 1.64. The zero-order chi connectivity index (χ0) is 9.26. The number of aromatic amines is 2. The van der Waals surface area contributed by atoms with Crippen molar-refractivity contribution in [1.82, 2.24) is 15.0 Å². The molecule has 0 bridgehead atoms. The Morgan fingerprint density at radius 3 is 3.08 bits per heavy atom. The first-order chi connectivity index (χ1) is 6.29. The van der Waals surface area contributed by atoms with Gasteiger partial charge >= 0.3 is 5.69 Å². The Balaban J connectivity index is 2.54. The number of ether oxygens (including phenoxy) is 1. The van der Waals surface area contributed by atoms with Gasteiger partial charge in [0.25, 0.3) is 0 Å². The summed E-state index contributed by atoms with van der Waals surface area (Å²) in [5.74, 6) is 0.519. The summed E-state index contributed by atoms with van der Waals surface area (Å²) in [4.78, 5) is 20.1. The standard InChI is InChI=1S/C8H9N3O2/c1-2-13-6-4-3-5-7(10-6)11-8(12)9-5/h3-4H,2H2,1H3,(H2,9,10,11,12). The minimum Gasteiger partial charge on any atom is -0.478 e. The Hall–Kier alpha value is -1.78. The molecule has 2 aromatic rings. The van der Waals surface area contributed by atoms with E-state index in [-0.39, 0.29) is 5.69 Å². The van der Waals surface area contributed by atoms with Crippen LogP contribution in [0.4, 0.5) is 0 Å². The third-order valence-electron chi connectivity index (χ3n) is 1.64. The van der Waals surface area contributed by atoms with Gasteiger partial charge in [-0.3, -0.25) is 4.98 Å². The lowest BCUT2D eigenvalue weighted by atomic mass is 10.4. The quantitative estimate of drug-likeness (QED) is 0.711. The topological polar surface area (TPSA) is 70.8 Å². The predicted molar refractivity (Wildman–Crippen MR) is 47.9 cm³/mol. The average molecular weight is 179 g/mol. The number of pyridine rings is 1. The second kappa shape index (κ2) is 2.93. The molecule has 2 aromatic heterocycles. The van der Waals surface area contributed by atoms with Gasteiger partial charge in [0, 0.05) is 6.07 Å². The molecule has 0 saturated carbocycles. The summed E-state index contributed by atoms with van der Waals surface area (Å²) >= 11 is 0. The smallest absolute Gasteiger partial charge is 0.325 e. The zero-order valence-electron chi connectivity index (χ0n) is 7.13. The second-order valence-corrected chi connectivity index (χ2v) is 2.56. The summed E-state index contributed by atoms with van der Waals surface area (Å²) in [7, 11) is 0. The molecule has 2 rings (SSSR count). The van der Waals surface area contributed by atoms with Crippen molar-refractivity contribution < 1.29 is 4.74 Å². The highest BCUT2D eigenvalue weighted by atomic mass is 16.5. The highest BCUT2D eigenvalue weighted by molar-refractivity contribution is 5.70. The molecule has 0 saturated heterocycles. The van der Waals surface area contributed by atoms with Crippen LogP contribution in [0.1, 0.15) is 6.92 Å². The van der Waals surface area contributed by atoms with Crippen LogP contribution in [0.5, 0.6) is 5.88 Å². The number of H-pyrrole nitrogens is 2. The summed E-state index contributed by atoms with van der Waals surface area (Å²) in [6.07, 6.45) is 0. The molecule has 0 radical (unpaired) electrons. The molecule has 0 atom stereocenters. The van der Waals surface area contributed by atoms with E-state index in [2.05, 4.69) is 15.0 Å². The molecule has 0 aliphatic carbocycles. The van der Waals surface area contributed by atoms with Crippen LogP contribution < -0.4 is 10.4 Å². The number of hydrogen-bond acceptors (Lipinski definition) is 3. The number of imidazole rings is 1. The van der Waals surface area contributed by atoms with Crippen LogP contribution >= 0.6 is 0 Å². The van der Waals surface area contributed by atoms with Crippen molar-refractivity contribution in [2.45, 2.75) is 6.92 Å². The normalized spacial score (nSPS) is 10.5. The van der Waals surface area contributed by atoms with Gasteiger partial charge in [-0.25, -0.2) is 4.79 Å². The predicted octanol–water partition coefficient (Wildman–Crippen LogP) is 0.650. The molecular weight excluding hydrogens is 170 g/mol. The fourth-order valence-electron chi connectivity index (χ4n) is 1.13. The first-order valence-corrected chi connectivity index (χ1v) is 4.01. The van der Waals surface area contributed by atoms with Crippen LogP contribution in [-0.4, -0.2) is 21.6 Å². The van der Waals surface area contributed by atoms with Gasteiger partial charge in [0.1, 0.15) is 0 Å². The Labute approximate surface area is 73.8 Å². The van der Waals surface area contributed by atoms with Crippen molar-refractivity contribution in [1.29, 1.82) is 0 Å². The van der Waals surface area contributed by atoms with E-state index in [4.69, 9.17) is 4.74 Å². The van der Waals surface area contributed by atoms with E-state index in [9.17, 15) is 4.79 Å². The monoisotopic (exact) mass is 179 g/mol. The van der Waals surface area contributed by atoms with Gasteiger partial charge in [0.15, 0.2) is 5.65 Å². The van der Waals surface area contributed by atoms with Crippen LogP contribution in [0.15, 0.2) is 16.9 Å². The molecule has 0 unspecified atom stereocenters. The highest BCUT2D eigenvalue weighted by Crippen LogP contribution is 2.10. The van der Waals surface area contributed by atoms with E-state index in [0.717, 1.165) is 0 Å². The van der Waals surface area contributed by atoms with E-state index in [1.54, 1.807) is 12.1 Å². The molecule has 13 heavy (non-hydrogen) atoms. The van der Waals surface area contributed by atoms with Gasteiger partial charge in [-0.15, -0.1) is 0 Å². The molecule has 2 N–H and O–H groups in total. The van der Waals surface area contributed by atoms with Crippen LogP contribution in [0.3, 0.4) is 0 Å². The molecule has 0 spiro atoms. The van der Waals surface area contributed by atoms with Gasteiger partial charge in [0.2, 0.25) is 5.88 Å². The first-order valence-electron chi connectivity index (χ1n) is 4.01. The SMILES string of the molecule is CCOc1ccc2[nH]c(=O)[nH]c2n1. The maximum atomic E-state index is 10.9. The Kier molecular flexibility index (Phi) is 1.77. The fraction of sp³-hybridized carbons (Fsp3) is 0.250. The Morgan fingerprint density at radius 2 is 2.31 bits per heavy atom. The zero-order valence-corrected chi connectivity index (χ0v) is 7.13. The van der Waals surface area contributed by atoms with Gasteiger partial charge in [-0.2, -0.15) is 4.98 Å². The number of nitrogens with zero attached hydrogens (tertiary/aromatic N) is 1. The first kappa shape index (κ1) is 7.85. The summed E-state index contributed by atoms with van der Waals surface area (Å²) in [6.45, 7) is 2.44. The van der Waals surface area contributed by atoms with Crippen molar-refractivity contribution in [3.05, 3.63) is 22.6 Å². The Morgan fingerprint density at radius 1 is 1.46 bits per heavy atom. The van der Waals surface area contributed by atoms with Crippen molar-refractivity contribution in [2.24, 2.45) is 0 Å². The maximum Gasteiger partial charge on any atom is 0.325 e. The van der Waals surface area contributed by atoms with Crippen LogP contribution in [0.2, 0.25) is 0 Å². The molecule has 5 nitrogen and oxygen atoms in total. The van der Waals surface area contributed by atoms with E-state index in [0.29, 0.717) is 23.7 Å². The molecule has 0 amide bonds. The maximum absolute atomic E-state index is 10.9. The van der Waals surface area contributed by atoms with Crippen molar-refractivity contribution in [3.63, 3.8) is 0 Å². The average Bonchev–Trinajstić information content (AvgIpc) is 2.44. The molecule has 0 aromatic carbocycles. The van der Waals surface area contributed by atoms with E-state index < -0.39 is 0 Å². The summed E-state index contributed by atoms with van der Waals surface area (Å²) in [5, 5.41) is 0. The minimum absolute atomic E-state index is 0.254. The molecule has 0 fully saturated rings. The number of aromatic nitrogens is 3. The van der Waals surface area contributed by atoms with E-state index in [1.807, 2.05) is 6.92 Å². The summed E-state index contributed by atoms with van der Waals surface area (Å²) in [6, 6.07) is 3.47. The molecule has 68 valence electrons. The van der Waals surface area contributed by atoms with Crippen LogP contribution in [0.25, 0.3) is 11.2 Å². The molecular formula is C8H9N3O2. The minimum atomic E-state index is -0.254. The van der Waals surface area contributed by atoms with Crippen LogP contribution in [0, 0.1) is 0 Å². The van der Waals surface area contributed by atoms with E-state index in [1.165, 1.54) is 0 Å².